The third-order valence-electron chi connectivity index (χ3n) is 3.13. The molecule has 1 saturated carbocycles. The number of nitrogens with one attached hydrogen (secondary N) is 1. The van der Waals surface area contributed by atoms with E-state index in [0.717, 1.165) is 19.5 Å². The lowest BCUT2D eigenvalue weighted by Crippen LogP contribution is -2.41. The molecule has 0 aromatic carbocycles. The number of nitrogens with zero attached hydrogens (tertiary/aromatic N) is 1. The minimum Gasteiger partial charge on any atom is -0.313 e. The van der Waals surface area contributed by atoms with Crippen molar-refractivity contribution in [2.45, 2.75) is 37.9 Å². The van der Waals surface area contributed by atoms with Gasteiger partial charge in [-0.2, -0.15) is 13.2 Å². The van der Waals surface area contributed by atoms with Gasteiger partial charge >= 0.3 is 6.18 Å². The van der Waals surface area contributed by atoms with Gasteiger partial charge in [0, 0.05) is 19.1 Å². The third kappa shape index (κ3) is 4.70. The second-order valence-corrected chi connectivity index (χ2v) is 4.86. The Kier molecular flexibility index (Phi) is 5.05. The maximum atomic E-state index is 12.5. The van der Waals surface area contributed by atoms with Gasteiger partial charge in [0.25, 0.3) is 0 Å². The van der Waals surface area contributed by atoms with Gasteiger partial charge in [0.2, 0.25) is 0 Å². The van der Waals surface area contributed by atoms with Gasteiger partial charge in [-0.1, -0.05) is 6.42 Å². The van der Waals surface area contributed by atoms with Crippen LogP contribution >= 0.6 is 0 Å². The Balaban J connectivity index is 2.28. The Morgan fingerprint density at radius 2 is 1.94 bits per heavy atom. The Morgan fingerprint density at radius 1 is 1.25 bits per heavy atom. The Hall–Kier alpha value is -0.290. The molecule has 16 heavy (non-hydrogen) atoms. The summed E-state index contributed by atoms with van der Waals surface area (Å²) in [6.45, 7) is 1.63. The summed E-state index contributed by atoms with van der Waals surface area (Å²) in [4.78, 5) is 2.02. The number of hydrogen-bond donors (Lipinski definition) is 1. The number of rotatable bonds is 4. The van der Waals surface area contributed by atoms with Crippen molar-refractivity contribution in [2.75, 3.05) is 27.2 Å². The summed E-state index contributed by atoms with van der Waals surface area (Å²) in [5.74, 6) is -1.10. The molecule has 5 heteroatoms. The van der Waals surface area contributed by atoms with Crippen LogP contribution in [-0.4, -0.2) is 44.3 Å². The molecule has 1 aliphatic carbocycles. The normalized spacial score (nSPS) is 27.4. The second-order valence-electron chi connectivity index (χ2n) is 4.86. The lowest BCUT2D eigenvalue weighted by molar-refractivity contribution is -0.183. The van der Waals surface area contributed by atoms with E-state index in [1.54, 1.807) is 0 Å². The van der Waals surface area contributed by atoms with E-state index in [1.165, 1.54) is 0 Å². The number of halogens is 3. The molecule has 0 heterocycles. The SMILES string of the molecule is CN(C)CCNC1CCCC(C(F)(F)F)C1. The topological polar surface area (TPSA) is 15.3 Å². The highest BCUT2D eigenvalue weighted by molar-refractivity contribution is 4.81. The van der Waals surface area contributed by atoms with Gasteiger partial charge < -0.3 is 10.2 Å². The van der Waals surface area contributed by atoms with Crippen LogP contribution in [0.2, 0.25) is 0 Å². The summed E-state index contributed by atoms with van der Waals surface area (Å²) in [5, 5.41) is 3.21. The molecular weight excluding hydrogens is 217 g/mol. The molecule has 0 amide bonds. The quantitative estimate of drug-likeness (QED) is 0.808. The molecule has 1 rings (SSSR count). The zero-order chi connectivity index (χ0) is 12.2. The van der Waals surface area contributed by atoms with Crippen LogP contribution in [0.4, 0.5) is 13.2 Å². The van der Waals surface area contributed by atoms with Crippen molar-refractivity contribution in [3.05, 3.63) is 0 Å². The van der Waals surface area contributed by atoms with Crippen LogP contribution in [0.3, 0.4) is 0 Å². The van der Waals surface area contributed by atoms with E-state index in [9.17, 15) is 13.2 Å². The van der Waals surface area contributed by atoms with Crippen LogP contribution < -0.4 is 5.32 Å². The average molecular weight is 238 g/mol. The van der Waals surface area contributed by atoms with E-state index in [0.29, 0.717) is 12.8 Å². The summed E-state index contributed by atoms with van der Waals surface area (Å²) in [7, 11) is 3.92. The first kappa shape index (κ1) is 13.8. The molecule has 0 spiro atoms. The first-order chi connectivity index (χ1) is 7.39. The summed E-state index contributed by atoms with van der Waals surface area (Å²) in [6, 6.07) is 0.0420. The first-order valence-corrected chi connectivity index (χ1v) is 5.84. The number of likely N-dealkylation sites (N-methyl/N-ethyl adjacent to an activating group) is 1. The van der Waals surface area contributed by atoms with Gasteiger partial charge in [-0.3, -0.25) is 0 Å². The summed E-state index contributed by atoms with van der Waals surface area (Å²) in [6.07, 6.45) is -1.90. The molecule has 96 valence electrons. The molecule has 0 aliphatic heterocycles. The fourth-order valence-corrected chi connectivity index (χ4v) is 2.16. The van der Waals surface area contributed by atoms with Gasteiger partial charge in [0.1, 0.15) is 0 Å². The Morgan fingerprint density at radius 3 is 2.50 bits per heavy atom. The molecule has 1 N–H and O–H groups in total. The molecule has 0 radical (unpaired) electrons. The van der Waals surface area contributed by atoms with Gasteiger partial charge in [0.05, 0.1) is 5.92 Å². The van der Waals surface area contributed by atoms with Crippen molar-refractivity contribution in [1.82, 2.24) is 10.2 Å². The predicted molar refractivity (Wildman–Crippen MR) is 58.4 cm³/mol. The van der Waals surface area contributed by atoms with Crippen LogP contribution in [0.1, 0.15) is 25.7 Å². The number of alkyl halides is 3. The van der Waals surface area contributed by atoms with E-state index in [-0.39, 0.29) is 12.5 Å². The lowest BCUT2D eigenvalue weighted by Gasteiger charge is -2.31. The van der Waals surface area contributed by atoms with E-state index in [4.69, 9.17) is 0 Å². The van der Waals surface area contributed by atoms with Crippen LogP contribution in [0.5, 0.6) is 0 Å². The first-order valence-electron chi connectivity index (χ1n) is 5.84. The Bertz CT molecular complexity index is 204. The summed E-state index contributed by atoms with van der Waals surface area (Å²) >= 11 is 0. The molecule has 2 atom stereocenters. The van der Waals surface area contributed by atoms with E-state index >= 15 is 0 Å². The van der Waals surface area contributed by atoms with Crippen LogP contribution in [0.25, 0.3) is 0 Å². The van der Waals surface area contributed by atoms with E-state index in [2.05, 4.69) is 5.32 Å². The molecule has 0 bridgehead atoms. The van der Waals surface area contributed by atoms with Crippen molar-refractivity contribution >= 4 is 0 Å². The van der Waals surface area contributed by atoms with Crippen LogP contribution in [0.15, 0.2) is 0 Å². The maximum absolute atomic E-state index is 12.5. The molecule has 1 aliphatic rings. The minimum absolute atomic E-state index is 0.0420. The maximum Gasteiger partial charge on any atom is 0.391 e. The predicted octanol–water partition coefficient (Wildman–Crippen LogP) is 2.26. The number of hydrogen-bond acceptors (Lipinski definition) is 2. The minimum atomic E-state index is -4.01. The summed E-state index contributed by atoms with van der Waals surface area (Å²) < 4.78 is 37.6. The van der Waals surface area contributed by atoms with E-state index < -0.39 is 12.1 Å². The lowest BCUT2D eigenvalue weighted by atomic mass is 9.85. The summed E-state index contributed by atoms with van der Waals surface area (Å²) in [5.41, 5.74) is 0. The van der Waals surface area contributed by atoms with E-state index in [1.807, 2.05) is 19.0 Å². The molecule has 0 saturated heterocycles. The molecule has 2 nitrogen and oxygen atoms in total. The van der Waals surface area contributed by atoms with Crippen molar-refractivity contribution in [3.63, 3.8) is 0 Å². The largest absolute Gasteiger partial charge is 0.391 e. The standard InChI is InChI=1S/C11H21F3N2/c1-16(2)7-6-15-10-5-3-4-9(8-10)11(12,13)14/h9-10,15H,3-8H2,1-2H3. The fraction of sp³-hybridized carbons (Fsp3) is 1.00. The average Bonchev–Trinajstić information content (AvgIpc) is 2.16. The van der Waals surface area contributed by atoms with Crippen LogP contribution in [-0.2, 0) is 0 Å². The van der Waals surface area contributed by atoms with Gasteiger partial charge in [-0.25, -0.2) is 0 Å². The van der Waals surface area contributed by atoms with Gasteiger partial charge in [-0.15, -0.1) is 0 Å². The van der Waals surface area contributed by atoms with Crippen LogP contribution in [0, 0.1) is 5.92 Å². The Labute approximate surface area is 95.2 Å². The monoisotopic (exact) mass is 238 g/mol. The highest BCUT2D eigenvalue weighted by Crippen LogP contribution is 2.37. The zero-order valence-corrected chi connectivity index (χ0v) is 9.98. The molecule has 0 aromatic rings. The molecule has 1 fully saturated rings. The van der Waals surface area contributed by atoms with Crippen molar-refractivity contribution < 1.29 is 13.2 Å². The van der Waals surface area contributed by atoms with Gasteiger partial charge in [0.15, 0.2) is 0 Å². The second kappa shape index (κ2) is 5.87. The smallest absolute Gasteiger partial charge is 0.313 e. The van der Waals surface area contributed by atoms with Crippen molar-refractivity contribution in [2.24, 2.45) is 5.92 Å². The molecule has 2 unspecified atom stereocenters. The molecular formula is C11H21F3N2. The zero-order valence-electron chi connectivity index (χ0n) is 9.98. The van der Waals surface area contributed by atoms with Crippen molar-refractivity contribution in [1.29, 1.82) is 0 Å². The van der Waals surface area contributed by atoms with Gasteiger partial charge in [-0.05, 0) is 33.4 Å². The molecule has 0 aromatic heterocycles. The third-order valence-corrected chi connectivity index (χ3v) is 3.13. The van der Waals surface area contributed by atoms with Crippen molar-refractivity contribution in [3.8, 4) is 0 Å². The highest BCUT2D eigenvalue weighted by atomic mass is 19.4. The highest BCUT2D eigenvalue weighted by Gasteiger charge is 2.41. The fourth-order valence-electron chi connectivity index (χ4n) is 2.16.